The second-order valence-corrected chi connectivity index (χ2v) is 19.9. The molecule has 172 valence electrons. The van der Waals surface area contributed by atoms with Crippen molar-refractivity contribution in [1.82, 2.24) is 0 Å². The Balaban J connectivity index is 0.000000214. The number of benzene rings is 2. The molecule has 2 atom stereocenters. The van der Waals surface area contributed by atoms with E-state index in [-0.39, 0.29) is 51.0 Å². The summed E-state index contributed by atoms with van der Waals surface area (Å²) >= 11 is 0. The summed E-state index contributed by atoms with van der Waals surface area (Å²) in [5.41, 5.74) is 7.43. The maximum atomic E-state index is 3.65. The Morgan fingerprint density at radius 3 is 1.33 bits per heavy atom. The number of hydrogen-bond donors (Lipinski definition) is 0. The summed E-state index contributed by atoms with van der Waals surface area (Å²) in [6.45, 7) is 4.79. The van der Waals surface area contributed by atoms with E-state index >= 15 is 0 Å². The summed E-state index contributed by atoms with van der Waals surface area (Å²) in [5, 5.41) is 0. The van der Waals surface area contributed by atoms with Gasteiger partial charge in [-0.15, -0.1) is 23.3 Å². The molecule has 2 aliphatic heterocycles. The van der Waals surface area contributed by atoms with Gasteiger partial charge in [-0.05, 0) is 0 Å². The van der Waals surface area contributed by atoms with Crippen LogP contribution in [0, 0.1) is 12.2 Å². The smallest absolute Gasteiger partial charge is 1.00 e. The van der Waals surface area contributed by atoms with Crippen molar-refractivity contribution < 1.29 is 51.0 Å². The van der Waals surface area contributed by atoms with Crippen molar-refractivity contribution in [2.75, 3.05) is 0 Å². The zero-order valence-electron chi connectivity index (χ0n) is 19.8. The fraction of sp³-hybridized carbons (Fsp3) is 0.429. The molecular formula is C28H34Cl2Si2Zr. The molecule has 5 heteroatoms. The molecule has 0 radical (unpaired) electrons. The Kier molecular flexibility index (Phi) is 10.7. The topological polar surface area (TPSA) is 0 Å². The first-order chi connectivity index (χ1) is 14.7. The number of allylic oxidation sites excluding steroid dienone is 2. The van der Waals surface area contributed by atoms with Crippen LogP contribution in [0.5, 0.6) is 0 Å². The summed E-state index contributed by atoms with van der Waals surface area (Å²) in [5.74, 6) is 0. The van der Waals surface area contributed by atoms with E-state index in [2.05, 4.69) is 86.7 Å². The first-order valence-corrected chi connectivity index (χ1v) is 17.5. The van der Waals surface area contributed by atoms with Crippen molar-refractivity contribution in [3.63, 3.8) is 0 Å². The van der Waals surface area contributed by atoms with Gasteiger partial charge in [0.25, 0.3) is 0 Å². The van der Waals surface area contributed by atoms with E-state index in [4.69, 9.17) is 0 Å². The summed E-state index contributed by atoms with van der Waals surface area (Å²) in [6, 6.07) is 26.8. The molecule has 2 unspecified atom stereocenters. The number of halogens is 2. The van der Waals surface area contributed by atoms with Crippen molar-refractivity contribution in [3.8, 4) is 0 Å². The molecule has 0 spiro atoms. The molecule has 2 aromatic carbocycles. The van der Waals surface area contributed by atoms with Gasteiger partial charge in [-0.1, -0.05) is 110 Å². The van der Waals surface area contributed by atoms with E-state index in [1.165, 1.54) is 60.2 Å². The van der Waals surface area contributed by atoms with Crippen LogP contribution in [-0.2, 0) is 26.2 Å². The minimum atomic E-state index is -0.977. The van der Waals surface area contributed by atoms with E-state index < -0.39 is 16.1 Å². The Morgan fingerprint density at radius 1 is 0.667 bits per heavy atom. The van der Waals surface area contributed by atoms with Gasteiger partial charge in [0, 0.05) is 16.1 Å². The quantitative estimate of drug-likeness (QED) is 0.379. The summed E-state index contributed by atoms with van der Waals surface area (Å²) < 4.78 is 0. The molecule has 0 amide bonds. The molecule has 0 N–H and O–H groups in total. The average molecular weight is 589 g/mol. The number of rotatable bonds is 4. The van der Waals surface area contributed by atoms with Crippen LogP contribution in [0.1, 0.15) is 60.0 Å². The van der Waals surface area contributed by atoms with E-state index in [0.717, 1.165) is 0 Å². The van der Waals surface area contributed by atoms with Gasteiger partial charge in [-0.3, -0.25) is 12.2 Å². The Labute approximate surface area is 234 Å². The Morgan fingerprint density at radius 2 is 1.03 bits per heavy atom. The summed E-state index contributed by atoms with van der Waals surface area (Å²) in [6.07, 6.45) is 14.7. The number of fused-ring (bicyclic) bond motifs is 2. The van der Waals surface area contributed by atoms with Crippen LogP contribution in [0.15, 0.2) is 48.5 Å². The fourth-order valence-corrected chi connectivity index (χ4v) is 14.9. The molecule has 2 saturated heterocycles. The molecule has 2 fully saturated rings. The standard InChI is InChI=1S/2C14H17Si.2ClH.Zr/c2*1-2-15(10-5-11-15)14-9-8-12-6-3-4-7-13(12)14;;;/h2*3-4,6-8,14H,2,5,10-11H2,1H3;2*1H;/q2*-1;;;+4/p-2. The molecule has 0 nitrogen and oxygen atoms in total. The van der Waals surface area contributed by atoms with Crippen molar-refractivity contribution >= 4 is 28.3 Å². The Bertz CT molecular complexity index is 889. The largest absolute Gasteiger partial charge is 4.00 e. The molecule has 2 aliphatic carbocycles. The van der Waals surface area contributed by atoms with Gasteiger partial charge in [-0.25, -0.2) is 12.2 Å². The van der Waals surface area contributed by atoms with Crippen LogP contribution in [-0.4, -0.2) is 16.1 Å². The molecule has 4 aliphatic rings. The van der Waals surface area contributed by atoms with Gasteiger partial charge in [-0.2, -0.15) is 11.1 Å². The Hall–Kier alpha value is -0.183. The molecular weight excluding hydrogens is 555 g/mol. The SMILES string of the molecule is CC[Si]1(C2[C-]=Cc3ccccc32)CCC1.CC[Si]1(C2[C-]=Cc3ccccc32)CCC1.[Cl-].[Cl-].[Zr+4]. The first-order valence-electron chi connectivity index (χ1n) is 12.1. The van der Waals surface area contributed by atoms with Crippen molar-refractivity contribution in [1.29, 1.82) is 0 Å². The van der Waals surface area contributed by atoms with E-state index in [1.54, 1.807) is 11.1 Å². The van der Waals surface area contributed by atoms with Gasteiger partial charge in [0.05, 0.1) is 0 Å². The molecule has 0 bridgehead atoms. The van der Waals surface area contributed by atoms with Gasteiger partial charge in [0.2, 0.25) is 0 Å². The molecule has 0 saturated carbocycles. The normalized spacial score (nSPS) is 23.7. The predicted molar refractivity (Wildman–Crippen MR) is 135 cm³/mol. The summed E-state index contributed by atoms with van der Waals surface area (Å²) in [4.78, 5) is 0. The first kappa shape index (κ1) is 29.0. The van der Waals surface area contributed by atoms with Crippen molar-refractivity contribution in [3.05, 3.63) is 82.9 Å². The zero-order chi connectivity index (χ0) is 20.6. The van der Waals surface area contributed by atoms with Crippen LogP contribution in [0.3, 0.4) is 0 Å². The minimum Gasteiger partial charge on any atom is -1.00 e. The van der Waals surface area contributed by atoms with Gasteiger partial charge in [0.1, 0.15) is 0 Å². The number of hydrogen-bond acceptors (Lipinski definition) is 0. The fourth-order valence-electron chi connectivity index (χ4n) is 6.30. The van der Waals surface area contributed by atoms with Gasteiger partial charge < -0.3 is 24.8 Å². The van der Waals surface area contributed by atoms with Gasteiger partial charge >= 0.3 is 26.2 Å². The van der Waals surface area contributed by atoms with Crippen LogP contribution in [0.4, 0.5) is 0 Å². The van der Waals surface area contributed by atoms with E-state index in [9.17, 15) is 0 Å². The van der Waals surface area contributed by atoms with Crippen LogP contribution >= 0.6 is 0 Å². The van der Waals surface area contributed by atoms with Crippen LogP contribution in [0.25, 0.3) is 12.2 Å². The minimum absolute atomic E-state index is 0. The van der Waals surface area contributed by atoms with E-state index in [0.29, 0.717) is 11.1 Å². The van der Waals surface area contributed by atoms with Crippen molar-refractivity contribution in [2.45, 2.75) is 74.0 Å². The van der Waals surface area contributed by atoms with Crippen LogP contribution < -0.4 is 24.8 Å². The maximum Gasteiger partial charge on any atom is 4.00 e. The molecule has 2 heterocycles. The monoisotopic (exact) mass is 586 g/mol. The predicted octanol–water partition coefficient (Wildman–Crippen LogP) is 2.03. The molecule has 6 rings (SSSR count). The second-order valence-electron chi connectivity index (χ2n) is 9.88. The molecule has 33 heavy (non-hydrogen) atoms. The van der Waals surface area contributed by atoms with Crippen LogP contribution in [0.2, 0.25) is 36.3 Å². The molecule has 2 aromatic rings. The third kappa shape index (κ3) is 5.19. The summed E-state index contributed by atoms with van der Waals surface area (Å²) in [7, 11) is -1.95. The van der Waals surface area contributed by atoms with E-state index in [1.807, 2.05) is 0 Å². The third-order valence-corrected chi connectivity index (χ3v) is 20.4. The third-order valence-electron chi connectivity index (χ3n) is 8.76. The average Bonchev–Trinajstić information content (AvgIpc) is 3.34. The second kappa shape index (κ2) is 12.2. The molecule has 0 aromatic heterocycles. The maximum absolute atomic E-state index is 3.65. The van der Waals surface area contributed by atoms with Gasteiger partial charge in [0.15, 0.2) is 0 Å². The van der Waals surface area contributed by atoms with Crippen molar-refractivity contribution in [2.24, 2.45) is 0 Å². The zero-order valence-corrected chi connectivity index (χ0v) is 25.8.